The second-order valence-electron chi connectivity index (χ2n) is 18.5. The van der Waals surface area contributed by atoms with Gasteiger partial charge in [0.05, 0.1) is 52.6 Å². The van der Waals surface area contributed by atoms with Gasteiger partial charge in [-0.3, -0.25) is 29.0 Å². The van der Waals surface area contributed by atoms with Crippen LogP contribution in [-0.2, 0) is 47.6 Å². The number of amides is 2. The fraction of sp³-hybridized carbons (Fsp3) is 0.681. The molecule has 2 amide bonds. The van der Waals surface area contributed by atoms with Crippen LogP contribution in [0.3, 0.4) is 0 Å². The molecule has 0 saturated carbocycles. The molecule has 4 N–H and O–H groups in total. The molecule has 0 fully saturated rings. The molecule has 0 spiro atoms. The van der Waals surface area contributed by atoms with E-state index >= 15 is 0 Å². The van der Waals surface area contributed by atoms with Gasteiger partial charge < -0.3 is 49.7 Å². The molecule has 0 radical (unpaired) electrons. The predicted octanol–water partition coefficient (Wildman–Crippen LogP) is 3.82. The van der Waals surface area contributed by atoms with Gasteiger partial charge in [-0.25, -0.2) is 4.79 Å². The summed E-state index contributed by atoms with van der Waals surface area (Å²) in [6.07, 6.45) is 3.58. The van der Waals surface area contributed by atoms with Crippen molar-refractivity contribution in [3.05, 3.63) is 53.1 Å². The Morgan fingerprint density at radius 1 is 0.641 bits per heavy atom. The second-order valence-corrected chi connectivity index (χ2v) is 18.5. The van der Waals surface area contributed by atoms with Crippen LogP contribution in [0.1, 0.15) is 93.2 Å². The molecule has 0 saturated heterocycles. The van der Waals surface area contributed by atoms with Crippen molar-refractivity contribution in [2.45, 2.75) is 98.9 Å². The van der Waals surface area contributed by atoms with Crippen LogP contribution in [0.15, 0.2) is 42.0 Å². The third-order valence-electron chi connectivity index (χ3n) is 9.19. The first-order chi connectivity index (χ1) is 30.1. The highest BCUT2D eigenvalue weighted by Crippen LogP contribution is 2.42. The van der Waals surface area contributed by atoms with E-state index in [1.807, 2.05) is 34.9 Å². The highest BCUT2D eigenvalue weighted by atomic mass is 16.6. The summed E-state index contributed by atoms with van der Waals surface area (Å²) in [6, 6.07) is 8.18. The number of nitrogens with one attached hydrogen (secondary N) is 4. The number of allylic oxidation sites excluding steroid dienone is 3. The monoisotopic (exact) mass is 903 g/mol. The highest BCUT2D eigenvalue weighted by molar-refractivity contribution is 5.80. The summed E-state index contributed by atoms with van der Waals surface area (Å²) in [5.41, 5.74) is 2.79. The predicted molar refractivity (Wildman–Crippen MR) is 247 cm³/mol. The quantitative estimate of drug-likeness (QED) is 0.0515. The van der Waals surface area contributed by atoms with E-state index in [9.17, 15) is 24.0 Å². The molecule has 0 aliphatic heterocycles. The molecule has 1 aliphatic rings. The summed E-state index contributed by atoms with van der Waals surface area (Å²) in [5.74, 6) is -1.36. The zero-order valence-corrected chi connectivity index (χ0v) is 40.4. The van der Waals surface area contributed by atoms with Gasteiger partial charge in [-0.05, 0) is 98.4 Å². The third kappa shape index (κ3) is 25.2. The van der Waals surface area contributed by atoms with E-state index in [1.54, 1.807) is 62.3 Å². The van der Waals surface area contributed by atoms with Crippen LogP contribution in [0.2, 0.25) is 0 Å². The third-order valence-corrected chi connectivity index (χ3v) is 9.19. The van der Waals surface area contributed by atoms with Crippen molar-refractivity contribution in [3.63, 3.8) is 0 Å². The van der Waals surface area contributed by atoms with E-state index in [4.69, 9.17) is 28.4 Å². The van der Waals surface area contributed by atoms with Crippen LogP contribution in [0.4, 0.5) is 4.79 Å². The Balaban J connectivity index is 1.69. The summed E-state index contributed by atoms with van der Waals surface area (Å²) >= 11 is 0. The Morgan fingerprint density at radius 3 is 1.67 bits per heavy atom. The van der Waals surface area contributed by atoms with Crippen LogP contribution in [0.25, 0.3) is 5.57 Å². The topological polar surface area (TPSA) is 195 Å². The maximum atomic E-state index is 12.8. The van der Waals surface area contributed by atoms with Crippen LogP contribution in [0.5, 0.6) is 0 Å². The molecule has 17 nitrogen and oxygen atoms in total. The summed E-state index contributed by atoms with van der Waals surface area (Å²) in [5, 5.41) is 11.7. The minimum absolute atomic E-state index is 0.00469. The van der Waals surface area contributed by atoms with Gasteiger partial charge in [-0.2, -0.15) is 0 Å². The Labute approximate surface area is 381 Å². The van der Waals surface area contributed by atoms with E-state index in [-0.39, 0.29) is 56.5 Å². The van der Waals surface area contributed by atoms with Gasteiger partial charge in [0.15, 0.2) is 0 Å². The van der Waals surface area contributed by atoms with E-state index < -0.39 is 28.9 Å². The van der Waals surface area contributed by atoms with Crippen LogP contribution >= 0.6 is 0 Å². The van der Waals surface area contributed by atoms with Gasteiger partial charge in [0.1, 0.15) is 23.4 Å². The number of nitrogens with zero attached hydrogens (tertiary/aromatic N) is 2. The van der Waals surface area contributed by atoms with Crippen LogP contribution < -0.4 is 21.3 Å². The maximum absolute atomic E-state index is 12.8. The Hall–Kier alpha value is -4.39. The first kappa shape index (κ1) is 55.7. The smallest absolute Gasteiger partial charge is 0.407 e. The molecule has 0 bridgehead atoms. The number of fused-ring (bicyclic) bond motifs is 1. The van der Waals surface area contributed by atoms with Crippen LogP contribution in [0, 0.1) is 0 Å². The van der Waals surface area contributed by atoms with Crippen molar-refractivity contribution in [3.8, 4) is 0 Å². The van der Waals surface area contributed by atoms with Crippen molar-refractivity contribution in [2.75, 3.05) is 112 Å². The summed E-state index contributed by atoms with van der Waals surface area (Å²) in [7, 11) is 0. The fourth-order valence-corrected chi connectivity index (χ4v) is 6.59. The molecule has 1 atom stereocenters. The van der Waals surface area contributed by atoms with E-state index in [1.165, 1.54) is 11.1 Å². The molecule has 2 rings (SSSR count). The number of benzene rings is 1. The van der Waals surface area contributed by atoms with E-state index in [0.717, 1.165) is 11.1 Å². The molecule has 0 aromatic heterocycles. The van der Waals surface area contributed by atoms with E-state index in [0.29, 0.717) is 78.8 Å². The largest absolute Gasteiger partial charge is 0.459 e. The summed E-state index contributed by atoms with van der Waals surface area (Å²) in [4.78, 5) is 66.5. The van der Waals surface area contributed by atoms with Crippen molar-refractivity contribution in [2.24, 2.45) is 0 Å². The number of alkyl carbamates (subject to hydrolysis) is 1. The van der Waals surface area contributed by atoms with Crippen LogP contribution in [-0.4, -0.2) is 168 Å². The number of esters is 3. The van der Waals surface area contributed by atoms with Gasteiger partial charge >= 0.3 is 24.0 Å². The molecule has 362 valence electrons. The number of ether oxygens (including phenoxy) is 6. The molecule has 17 heteroatoms. The lowest BCUT2D eigenvalue weighted by Gasteiger charge is -2.29. The van der Waals surface area contributed by atoms with Gasteiger partial charge in [0, 0.05) is 58.3 Å². The number of rotatable bonds is 29. The standard InChI is InChI=1S/C47H78N6O11/c1-12-15-36-35(2)37-16-13-14-17-38(37)39(36)34-61-44(58)51-21-27-60-29-28-59-26-20-50-40(54)30-48-18-22-52(32-42(56)63-46(6,7)8)24-25-53(33-43(57)64-47(9,10)11)23-19-49-31-41(55)62-45(3,4)5/h12-17,39,48-49H,18-34H2,1-11H3,(H,50,54)(H,51,58). The molecule has 1 unspecified atom stereocenters. The molecule has 0 heterocycles. The fourth-order valence-electron chi connectivity index (χ4n) is 6.59. The van der Waals surface area contributed by atoms with E-state index in [2.05, 4.69) is 46.4 Å². The van der Waals surface area contributed by atoms with Crippen molar-refractivity contribution in [1.29, 1.82) is 0 Å². The SMILES string of the molecule is CC=CC1=C(C)c2ccccc2C1COC(=O)NCCOCCOCCNC(=O)CNCCN(CCN(CCNCC(=O)OC(C)(C)C)CC(=O)OC(C)(C)C)CC(=O)OC(C)(C)C. The highest BCUT2D eigenvalue weighted by Gasteiger charge is 2.29. The molecular weight excluding hydrogens is 825 g/mol. The number of carbonyl (C=O) groups excluding carboxylic acids is 5. The average molecular weight is 903 g/mol. The zero-order chi connectivity index (χ0) is 47.8. The Morgan fingerprint density at radius 2 is 1.14 bits per heavy atom. The van der Waals surface area contributed by atoms with Gasteiger partial charge in [0.25, 0.3) is 0 Å². The van der Waals surface area contributed by atoms with Crippen molar-refractivity contribution < 1.29 is 52.4 Å². The molecule has 1 aromatic carbocycles. The number of carbonyl (C=O) groups is 5. The minimum Gasteiger partial charge on any atom is -0.459 e. The Bertz CT molecular complexity index is 1680. The normalized spacial score (nSPS) is 14.2. The lowest BCUT2D eigenvalue weighted by Crippen LogP contribution is -2.46. The summed E-state index contributed by atoms with van der Waals surface area (Å²) in [6.45, 7) is 25.0. The zero-order valence-electron chi connectivity index (χ0n) is 40.4. The first-order valence-electron chi connectivity index (χ1n) is 22.3. The molecular formula is C47H78N6O11. The second kappa shape index (κ2) is 28.5. The lowest BCUT2D eigenvalue weighted by atomic mass is 9.96. The van der Waals surface area contributed by atoms with Gasteiger partial charge in [0.2, 0.25) is 5.91 Å². The number of hydrogen-bond acceptors (Lipinski definition) is 15. The number of hydrogen-bond donors (Lipinski definition) is 4. The lowest BCUT2D eigenvalue weighted by molar-refractivity contribution is -0.158. The molecule has 64 heavy (non-hydrogen) atoms. The van der Waals surface area contributed by atoms with Gasteiger partial charge in [-0.15, -0.1) is 0 Å². The van der Waals surface area contributed by atoms with Crippen molar-refractivity contribution in [1.82, 2.24) is 31.1 Å². The molecule has 1 aliphatic carbocycles. The maximum Gasteiger partial charge on any atom is 0.407 e. The molecule has 1 aromatic rings. The Kier molecular flexibility index (Phi) is 24.8. The minimum atomic E-state index is -0.661. The van der Waals surface area contributed by atoms with Crippen molar-refractivity contribution >= 4 is 35.5 Å². The average Bonchev–Trinajstić information content (AvgIpc) is 3.44. The summed E-state index contributed by atoms with van der Waals surface area (Å²) < 4.78 is 33.2. The first-order valence-corrected chi connectivity index (χ1v) is 22.3. The van der Waals surface area contributed by atoms with Gasteiger partial charge in [-0.1, -0.05) is 36.4 Å².